The van der Waals surface area contributed by atoms with Crippen molar-refractivity contribution in [1.29, 1.82) is 0 Å². The van der Waals surface area contributed by atoms with Crippen LogP contribution in [0.3, 0.4) is 0 Å². The molecule has 0 aliphatic heterocycles. The largest absolute Gasteiger partial charge is 0.265 e. The fourth-order valence-electron chi connectivity index (χ4n) is 3.13. The second-order valence-corrected chi connectivity index (χ2v) is 5.57. The van der Waals surface area contributed by atoms with E-state index in [0.717, 1.165) is 36.2 Å². The molecule has 4 nitrogen and oxygen atoms in total. The molecule has 0 N–H and O–H groups in total. The molecule has 0 spiro atoms. The van der Waals surface area contributed by atoms with Gasteiger partial charge in [-0.3, -0.25) is 4.98 Å². The lowest BCUT2D eigenvalue weighted by molar-refractivity contribution is 0.802. The molecule has 0 bridgehead atoms. The quantitative estimate of drug-likeness (QED) is 0.715. The van der Waals surface area contributed by atoms with E-state index in [1.807, 2.05) is 16.8 Å². The van der Waals surface area contributed by atoms with Gasteiger partial charge in [0.25, 0.3) is 0 Å². The lowest BCUT2D eigenvalue weighted by atomic mass is 9.94. The highest BCUT2D eigenvalue weighted by atomic mass is 15.4. The van der Waals surface area contributed by atoms with Crippen LogP contribution in [0.1, 0.15) is 37.5 Å². The smallest absolute Gasteiger partial charge is 0.0945 e. The lowest BCUT2D eigenvalue weighted by Crippen LogP contribution is -2.05. The second-order valence-electron chi connectivity index (χ2n) is 5.57. The SMILES string of the molecule is CCc1cc(-n2nncc2-c2ccncc2)cc(CC)c1CC. The third-order valence-corrected chi connectivity index (χ3v) is 4.30. The molecule has 3 rings (SSSR count). The Hall–Kier alpha value is -2.49. The maximum absolute atomic E-state index is 4.32. The Labute approximate surface area is 137 Å². The van der Waals surface area contributed by atoms with Gasteiger partial charge < -0.3 is 0 Å². The lowest BCUT2D eigenvalue weighted by Gasteiger charge is -2.15. The highest BCUT2D eigenvalue weighted by Crippen LogP contribution is 2.26. The molecule has 118 valence electrons. The Balaban J connectivity index is 2.15. The predicted octanol–water partition coefficient (Wildman–Crippen LogP) is 4.02. The van der Waals surface area contributed by atoms with Crippen molar-refractivity contribution in [3.63, 3.8) is 0 Å². The van der Waals surface area contributed by atoms with Gasteiger partial charge in [-0.05, 0) is 60.2 Å². The fraction of sp³-hybridized carbons (Fsp3) is 0.316. The van der Waals surface area contributed by atoms with Crippen LogP contribution in [0, 0.1) is 0 Å². The third kappa shape index (κ3) is 2.89. The van der Waals surface area contributed by atoms with Crippen LogP contribution in [0.5, 0.6) is 0 Å². The van der Waals surface area contributed by atoms with Gasteiger partial charge in [0.05, 0.1) is 17.6 Å². The Morgan fingerprint density at radius 1 is 0.913 bits per heavy atom. The molecule has 0 saturated carbocycles. The van der Waals surface area contributed by atoms with Crippen LogP contribution in [-0.2, 0) is 19.3 Å². The molecule has 0 atom stereocenters. The summed E-state index contributed by atoms with van der Waals surface area (Å²) < 4.78 is 1.92. The van der Waals surface area contributed by atoms with Gasteiger partial charge in [-0.15, -0.1) is 5.10 Å². The zero-order valence-electron chi connectivity index (χ0n) is 14.0. The molecule has 0 radical (unpaired) electrons. The first-order chi connectivity index (χ1) is 11.3. The monoisotopic (exact) mass is 306 g/mol. The van der Waals surface area contributed by atoms with Crippen molar-refractivity contribution in [2.24, 2.45) is 0 Å². The van der Waals surface area contributed by atoms with E-state index >= 15 is 0 Å². The Morgan fingerprint density at radius 2 is 1.57 bits per heavy atom. The standard InChI is InChI=1S/C19H22N4/c1-4-14-11-17(12-15(5-2)18(14)6-3)23-19(13-21-22-23)16-7-9-20-10-8-16/h7-13H,4-6H2,1-3H3. The summed E-state index contributed by atoms with van der Waals surface area (Å²) in [4.78, 5) is 4.09. The molecule has 0 unspecified atom stereocenters. The van der Waals surface area contributed by atoms with Gasteiger partial charge in [-0.1, -0.05) is 26.0 Å². The molecule has 2 aromatic heterocycles. The second kappa shape index (κ2) is 6.73. The number of hydrogen-bond donors (Lipinski definition) is 0. The van der Waals surface area contributed by atoms with Crippen molar-refractivity contribution in [2.75, 3.05) is 0 Å². The summed E-state index contributed by atoms with van der Waals surface area (Å²) in [5.74, 6) is 0. The van der Waals surface area contributed by atoms with Gasteiger partial charge in [0, 0.05) is 18.0 Å². The van der Waals surface area contributed by atoms with E-state index in [0.29, 0.717) is 0 Å². The normalized spacial score (nSPS) is 10.9. The molecule has 3 aromatic rings. The van der Waals surface area contributed by atoms with Gasteiger partial charge in [0.15, 0.2) is 0 Å². The summed E-state index contributed by atoms with van der Waals surface area (Å²) in [5, 5.41) is 8.44. The first-order valence-electron chi connectivity index (χ1n) is 8.24. The minimum absolute atomic E-state index is 0.987. The molecular weight excluding hydrogens is 284 g/mol. The molecule has 0 fully saturated rings. The maximum atomic E-state index is 4.32. The van der Waals surface area contributed by atoms with Crippen LogP contribution in [0.25, 0.3) is 16.9 Å². The van der Waals surface area contributed by atoms with Gasteiger partial charge >= 0.3 is 0 Å². The van der Waals surface area contributed by atoms with E-state index in [-0.39, 0.29) is 0 Å². The topological polar surface area (TPSA) is 43.6 Å². The summed E-state index contributed by atoms with van der Waals surface area (Å²) in [6, 6.07) is 8.46. The van der Waals surface area contributed by atoms with E-state index < -0.39 is 0 Å². The van der Waals surface area contributed by atoms with Crippen LogP contribution in [-0.4, -0.2) is 20.0 Å². The van der Waals surface area contributed by atoms with E-state index in [1.54, 1.807) is 18.6 Å². The fourth-order valence-corrected chi connectivity index (χ4v) is 3.13. The van der Waals surface area contributed by atoms with Gasteiger partial charge in [0.2, 0.25) is 0 Å². The molecule has 4 heteroatoms. The van der Waals surface area contributed by atoms with E-state index in [1.165, 1.54) is 16.7 Å². The molecule has 0 amide bonds. The van der Waals surface area contributed by atoms with Crippen molar-refractivity contribution < 1.29 is 0 Å². The minimum atomic E-state index is 0.987. The molecule has 0 aliphatic carbocycles. The molecule has 0 aliphatic rings. The number of rotatable bonds is 5. The average molecular weight is 306 g/mol. The highest BCUT2D eigenvalue weighted by molar-refractivity contribution is 5.61. The first kappa shape index (κ1) is 15.4. The Morgan fingerprint density at radius 3 is 2.13 bits per heavy atom. The summed E-state index contributed by atoms with van der Waals surface area (Å²) in [7, 11) is 0. The van der Waals surface area contributed by atoms with E-state index in [4.69, 9.17) is 0 Å². The highest BCUT2D eigenvalue weighted by Gasteiger charge is 2.13. The van der Waals surface area contributed by atoms with Crippen LogP contribution >= 0.6 is 0 Å². The third-order valence-electron chi connectivity index (χ3n) is 4.30. The number of aromatic nitrogens is 4. The predicted molar refractivity (Wildman–Crippen MR) is 92.7 cm³/mol. The summed E-state index contributed by atoms with van der Waals surface area (Å²) in [6.45, 7) is 6.65. The van der Waals surface area contributed by atoms with Crippen LogP contribution in [0.15, 0.2) is 42.9 Å². The van der Waals surface area contributed by atoms with Crippen molar-refractivity contribution in [2.45, 2.75) is 40.0 Å². The number of aryl methyl sites for hydroxylation is 2. The number of nitrogens with zero attached hydrogens (tertiary/aromatic N) is 4. The minimum Gasteiger partial charge on any atom is -0.265 e. The van der Waals surface area contributed by atoms with Gasteiger partial charge in [-0.2, -0.15) is 0 Å². The molecule has 2 heterocycles. The van der Waals surface area contributed by atoms with E-state index in [2.05, 4.69) is 48.2 Å². The van der Waals surface area contributed by atoms with Crippen molar-refractivity contribution >= 4 is 0 Å². The zero-order chi connectivity index (χ0) is 16.2. The molecular formula is C19H22N4. The molecule has 0 saturated heterocycles. The Bertz CT molecular complexity index is 765. The van der Waals surface area contributed by atoms with Crippen molar-refractivity contribution in [3.05, 3.63) is 59.5 Å². The number of benzene rings is 1. The Kier molecular flexibility index (Phi) is 4.51. The van der Waals surface area contributed by atoms with Crippen LogP contribution in [0.2, 0.25) is 0 Å². The van der Waals surface area contributed by atoms with Crippen molar-refractivity contribution in [1.82, 2.24) is 20.0 Å². The number of pyridine rings is 1. The van der Waals surface area contributed by atoms with Crippen LogP contribution in [0.4, 0.5) is 0 Å². The average Bonchev–Trinajstić information content (AvgIpc) is 3.10. The van der Waals surface area contributed by atoms with E-state index in [9.17, 15) is 0 Å². The zero-order valence-corrected chi connectivity index (χ0v) is 14.0. The molecule has 23 heavy (non-hydrogen) atoms. The summed E-state index contributed by atoms with van der Waals surface area (Å²) in [5.41, 5.74) is 7.42. The maximum Gasteiger partial charge on any atom is 0.0945 e. The molecule has 1 aromatic carbocycles. The van der Waals surface area contributed by atoms with Gasteiger partial charge in [0.1, 0.15) is 0 Å². The van der Waals surface area contributed by atoms with Crippen LogP contribution < -0.4 is 0 Å². The van der Waals surface area contributed by atoms with Crippen molar-refractivity contribution in [3.8, 4) is 16.9 Å². The summed E-state index contributed by atoms with van der Waals surface area (Å²) in [6.07, 6.45) is 8.53. The van der Waals surface area contributed by atoms with Gasteiger partial charge in [-0.25, -0.2) is 4.68 Å². The number of hydrogen-bond acceptors (Lipinski definition) is 3. The first-order valence-corrected chi connectivity index (χ1v) is 8.24. The summed E-state index contributed by atoms with van der Waals surface area (Å²) >= 11 is 0.